The van der Waals surface area contributed by atoms with Gasteiger partial charge in [0.2, 0.25) is 0 Å². The van der Waals surface area contributed by atoms with Crippen LogP contribution in [0.5, 0.6) is 0 Å². The zero-order chi connectivity index (χ0) is 14.3. The van der Waals surface area contributed by atoms with Gasteiger partial charge in [-0.05, 0) is 11.1 Å². The van der Waals surface area contributed by atoms with Gasteiger partial charge >= 0.3 is 0 Å². The first-order valence-electron chi connectivity index (χ1n) is 7.14. The average molecular weight is 361 g/mol. The van der Waals surface area contributed by atoms with Gasteiger partial charge in [0.05, 0.1) is 0 Å². The summed E-state index contributed by atoms with van der Waals surface area (Å²) in [4.78, 5) is 0. The monoisotopic (exact) mass is 359 g/mol. The second-order valence-corrected chi connectivity index (χ2v) is 4.89. The van der Waals surface area contributed by atoms with E-state index in [1.807, 2.05) is 12.1 Å². The van der Waals surface area contributed by atoms with E-state index in [-0.39, 0.29) is 26.2 Å². The van der Waals surface area contributed by atoms with E-state index in [2.05, 4.69) is 91.0 Å². The molecule has 4 aromatic carbocycles. The van der Waals surface area contributed by atoms with Crippen molar-refractivity contribution >= 4 is 10.8 Å². The van der Waals surface area contributed by atoms with Crippen LogP contribution in [0.3, 0.4) is 0 Å². The molecule has 0 fully saturated rings. The molecule has 0 spiro atoms. The third kappa shape index (κ3) is 4.32. The second-order valence-electron chi connectivity index (χ2n) is 4.89. The maximum absolute atomic E-state index is 2.12. The smallest absolute Gasteiger partial charge is 0 e. The molecule has 0 aromatic heterocycles. The summed E-state index contributed by atoms with van der Waals surface area (Å²) in [5, 5.41) is 2.66. The number of benzene rings is 3. The van der Waals surface area contributed by atoms with Crippen LogP contribution < -0.4 is 0 Å². The molecule has 0 amide bonds. The molecule has 0 aliphatic carbocycles. The average Bonchev–Trinajstić information content (AvgIpc) is 3.06. The number of hydrogen-bond acceptors (Lipinski definition) is 0. The van der Waals surface area contributed by atoms with Gasteiger partial charge in [-0.1, -0.05) is 66.7 Å². The summed E-state index contributed by atoms with van der Waals surface area (Å²) in [5.74, 6) is 0. The molecule has 0 heterocycles. The second kappa shape index (κ2) is 8.56. The summed E-state index contributed by atoms with van der Waals surface area (Å²) >= 11 is 0. The summed E-state index contributed by atoms with van der Waals surface area (Å²) < 4.78 is 0. The Bertz CT molecular complexity index is 718. The molecule has 0 radical (unpaired) electrons. The fourth-order valence-corrected chi connectivity index (χ4v) is 2.33. The summed E-state index contributed by atoms with van der Waals surface area (Å²) in [6.45, 7) is 0. The third-order valence-corrected chi connectivity index (χ3v) is 3.43. The van der Waals surface area contributed by atoms with E-state index < -0.39 is 0 Å². The molecule has 1 heteroatoms. The summed E-state index contributed by atoms with van der Waals surface area (Å²) in [6, 6.07) is 35.5. The molecule has 0 saturated carbocycles. The molecular formula is C21H17Zr-. The van der Waals surface area contributed by atoms with Crippen molar-refractivity contribution in [2.75, 3.05) is 0 Å². The Balaban J connectivity index is 0.000000159. The molecule has 0 atom stereocenters. The van der Waals surface area contributed by atoms with Crippen molar-refractivity contribution in [1.29, 1.82) is 0 Å². The fourth-order valence-electron chi connectivity index (χ4n) is 2.33. The molecule has 22 heavy (non-hydrogen) atoms. The van der Waals surface area contributed by atoms with Gasteiger partial charge < -0.3 is 0 Å². The van der Waals surface area contributed by atoms with Gasteiger partial charge in [-0.2, -0.15) is 17.5 Å². The van der Waals surface area contributed by atoms with Gasteiger partial charge in [0.15, 0.2) is 0 Å². The maximum atomic E-state index is 2.12. The van der Waals surface area contributed by atoms with Crippen molar-refractivity contribution in [2.24, 2.45) is 0 Å². The van der Waals surface area contributed by atoms with Crippen molar-refractivity contribution in [3.05, 3.63) is 103 Å². The molecule has 0 saturated heterocycles. The largest absolute Gasteiger partial charge is 0.168 e. The summed E-state index contributed by atoms with van der Waals surface area (Å²) in [6.07, 6.45) is 0. The molecular weight excluding hydrogens is 343 g/mol. The first-order chi connectivity index (χ1) is 10.4. The van der Waals surface area contributed by atoms with E-state index >= 15 is 0 Å². The van der Waals surface area contributed by atoms with Crippen LogP contribution in [0.2, 0.25) is 0 Å². The van der Waals surface area contributed by atoms with Gasteiger partial charge in [-0.25, -0.2) is 0 Å². The van der Waals surface area contributed by atoms with Crippen LogP contribution in [-0.4, -0.2) is 0 Å². The Kier molecular flexibility index (Phi) is 6.43. The van der Waals surface area contributed by atoms with E-state index in [1.54, 1.807) is 0 Å². The van der Waals surface area contributed by atoms with Crippen LogP contribution in [0.15, 0.2) is 103 Å². The minimum atomic E-state index is 0. The standard InChI is InChI=1S/C12H10.C9H7.Zr/c1-3-7-11(8-4-1)12-9-5-2-6-10-12;1-2-5-9-7-3-6-8(9)4-1;/h1-10H;1-7H;/q;-1;. The van der Waals surface area contributed by atoms with Gasteiger partial charge in [0.25, 0.3) is 0 Å². The molecule has 0 bridgehead atoms. The van der Waals surface area contributed by atoms with Crippen LogP contribution in [0.25, 0.3) is 21.9 Å². The topological polar surface area (TPSA) is 0 Å². The van der Waals surface area contributed by atoms with Crippen LogP contribution in [-0.2, 0) is 26.2 Å². The molecule has 4 rings (SSSR count). The van der Waals surface area contributed by atoms with E-state index in [1.165, 1.54) is 21.9 Å². The first kappa shape index (κ1) is 16.5. The van der Waals surface area contributed by atoms with E-state index in [9.17, 15) is 0 Å². The zero-order valence-electron chi connectivity index (χ0n) is 12.3. The van der Waals surface area contributed by atoms with Crippen LogP contribution >= 0.6 is 0 Å². The Hall–Kier alpha value is -1.85. The van der Waals surface area contributed by atoms with Crippen molar-refractivity contribution in [2.45, 2.75) is 0 Å². The Morgan fingerprint density at radius 1 is 0.500 bits per heavy atom. The third-order valence-electron chi connectivity index (χ3n) is 3.43. The minimum absolute atomic E-state index is 0. The number of hydrogen-bond donors (Lipinski definition) is 0. The normalized spacial score (nSPS) is 9.45. The molecule has 0 nitrogen and oxygen atoms in total. The van der Waals surface area contributed by atoms with Crippen molar-refractivity contribution < 1.29 is 26.2 Å². The SMILES string of the molecule is [Zr].c1ccc(-c2ccccc2)cc1.c1ccc2[cH-]ccc2c1. The molecule has 0 aliphatic rings. The van der Waals surface area contributed by atoms with Crippen molar-refractivity contribution in [1.82, 2.24) is 0 Å². The molecule has 0 N–H and O–H groups in total. The van der Waals surface area contributed by atoms with E-state index in [0.717, 1.165) is 0 Å². The molecule has 106 valence electrons. The van der Waals surface area contributed by atoms with Crippen LogP contribution in [0, 0.1) is 0 Å². The van der Waals surface area contributed by atoms with Crippen molar-refractivity contribution in [3.63, 3.8) is 0 Å². The van der Waals surface area contributed by atoms with Gasteiger partial charge in [-0.15, -0.1) is 29.7 Å². The fraction of sp³-hybridized carbons (Fsp3) is 0. The Morgan fingerprint density at radius 3 is 1.55 bits per heavy atom. The molecule has 4 aromatic rings. The molecule has 0 unspecified atom stereocenters. The predicted octanol–water partition coefficient (Wildman–Crippen LogP) is 5.91. The minimum Gasteiger partial charge on any atom is -0.168 e. The van der Waals surface area contributed by atoms with Gasteiger partial charge in [0, 0.05) is 26.2 Å². The quantitative estimate of drug-likeness (QED) is 0.370. The number of fused-ring (bicyclic) bond motifs is 1. The van der Waals surface area contributed by atoms with E-state index in [4.69, 9.17) is 0 Å². The predicted molar refractivity (Wildman–Crippen MR) is 91.4 cm³/mol. The zero-order valence-corrected chi connectivity index (χ0v) is 14.8. The summed E-state index contributed by atoms with van der Waals surface area (Å²) in [7, 11) is 0. The number of rotatable bonds is 1. The van der Waals surface area contributed by atoms with Crippen LogP contribution in [0.4, 0.5) is 0 Å². The van der Waals surface area contributed by atoms with Gasteiger partial charge in [-0.3, -0.25) is 0 Å². The maximum Gasteiger partial charge on any atom is 0 e. The van der Waals surface area contributed by atoms with Crippen molar-refractivity contribution in [3.8, 4) is 11.1 Å². The molecule has 0 aliphatic heterocycles. The Labute approximate surface area is 150 Å². The Morgan fingerprint density at radius 2 is 1.00 bits per heavy atom. The van der Waals surface area contributed by atoms with E-state index in [0.29, 0.717) is 0 Å². The first-order valence-corrected chi connectivity index (χ1v) is 7.14. The summed E-state index contributed by atoms with van der Waals surface area (Å²) in [5.41, 5.74) is 2.55. The van der Waals surface area contributed by atoms with Gasteiger partial charge in [0.1, 0.15) is 0 Å². The van der Waals surface area contributed by atoms with Crippen LogP contribution in [0.1, 0.15) is 0 Å².